The fraction of sp³-hybridized carbons (Fsp3) is 0.682. The number of likely N-dealkylation sites (tertiary alicyclic amines) is 2. The zero-order chi connectivity index (χ0) is 18.5. The van der Waals surface area contributed by atoms with E-state index in [1.165, 1.54) is 44.3 Å². The van der Waals surface area contributed by atoms with Gasteiger partial charge in [0.05, 0.1) is 6.61 Å². The molecule has 1 N–H and O–H groups in total. The molecule has 2 unspecified atom stereocenters. The minimum absolute atomic E-state index is 0. The van der Waals surface area contributed by atoms with E-state index in [-0.39, 0.29) is 24.0 Å². The van der Waals surface area contributed by atoms with Gasteiger partial charge in [0.1, 0.15) is 5.75 Å². The number of fused-ring (bicyclic) bond motifs is 1. The summed E-state index contributed by atoms with van der Waals surface area (Å²) < 4.78 is 5.81. The smallest absolute Gasteiger partial charge is 0.193 e. The van der Waals surface area contributed by atoms with Gasteiger partial charge in [-0.15, -0.1) is 24.0 Å². The molecule has 0 bridgehead atoms. The molecule has 6 heteroatoms. The number of piperidine rings is 1. The van der Waals surface area contributed by atoms with E-state index in [2.05, 4.69) is 46.3 Å². The van der Waals surface area contributed by atoms with Crippen molar-refractivity contribution < 1.29 is 4.74 Å². The van der Waals surface area contributed by atoms with Crippen LogP contribution in [-0.4, -0.2) is 67.7 Å². The van der Waals surface area contributed by atoms with Crippen LogP contribution in [0.4, 0.5) is 0 Å². The first-order valence-corrected chi connectivity index (χ1v) is 10.8. The standard InChI is InChI=1S/C22H34N4O.HI/c1-2-23-22(26-14-10-19(17-26)25-12-6-3-7-13-25)24-16-18-11-15-27-21-9-5-4-8-20(18)21;/h4-5,8-9,18-19H,2-3,6-7,10-17H2,1H3,(H,23,24);1H. The molecular weight excluding hydrogens is 463 g/mol. The summed E-state index contributed by atoms with van der Waals surface area (Å²) in [6.45, 7) is 9.54. The lowest BCUT2D eigenvalue weighted by atomic mass is 9.93. The SMILES string of the molecule is CCNC(=NCC1CCOc2ccccc21)N1CCC(N2CCCCC2)C1.I. The van der Waals surface area contributed by atoms with Gasteiger partial charge in [-0.3, -0.25) is 9.89 Å². The fourth-order valence-electron chi connectivity index (χ4n) is 4.74. The van der Waals surface area contributed by atoms with Crippen molar-refractivity contribution in [2.45, 2.75) is 51.0 Å². The molecule has 3 aliphatic heterocycles. The van der Waals surface area contributed by atoms with Crippen molar-refractivity contribution in [3.05, 3.63) is 29.8 Å². The number of halogens is 1. The van der Waals surface area contributed by atoms with Gasteiger partial charge in [0, 0.05) is 38.1 Å². The lowest BCUT2D eigenvalue weighted by Gasteiger charge is -2.32. The fourth-order valence-corrected chi connectivity index (χ4v) is 4.74. The van der Waals surface area contributed by atoms with Crippen molar-refractivity contribution in [3.8, 4) is 5.75 Å². The summed E-state index contributed by atoms with van der Waals surface area (Å²) >= 11 is 0. The largest absolute Gasteiger partial charge is 0.493 e. The predicted molar refractivity (Wildman–Crippen MR) is 126 cm³/mol. The minimum Gasteiger partial charge on any atom is -0.493 e. The summed E-state index contributed by atoms with van der Waals surface area (Å²) in [6.07, 6.45) is 6.46. The van der Waals surface area contributed by atoms with Gasteiger partial charge in [-0.2, -0.15) is 0 Å². The van der Waals surface area contributed by atoms with Gasteiger partial charge < -0.3 is 15.0 Å². The number of hydrogen-bond acceptors (Lipinski definition) is 3. The summed E-state index contributed by atoms with van der Waals surface area (Å²) in [6, 6.07) is 9.15. The molecule has 4 rings (SSSR count). The van der Waals surface area contributed by atoms with Crippen molar-refractivity contribution >= 4 is 29.9 Å². The third-order valence-corrected chi connectivity index (χ3v) is 6.25. The van der Waals surface area contributed by atoms with Crippen LogP contribution >= 0.6 is 24.0 Å². The monoisotopic (exact) mass is 498 g/mol. The second-order valence-electron chi connectivity index (χ2n) is 8.05. The first kappa shape index (κ1) is 21.7. The van der Waals surface area contributed by atoms with Crippen molar-refractivity contribution in [1.29, 1.82) is 0 Å². The topological polar surface area (TPSA) is 40.1 Å². The Balaban J connectivity index is 0.00000225. The summed E-state index contributed by atoms with van der Waals surface area (Å²) in [4.78, 5) is 10.2. The van der Waals surface area contributed by atoms with Crippen LogP contribution in [0.25, 0.3) is 0 Å². The Labute approximate surface area is 186 Å². The normalized spacial score (nSPS) is 25.6. The Hall–Kier alpha value is -1.02. The average molecular weight is 498 g/mol. The van der Waals surface area contributed by atoms with E-state index in [1.807, 2.05) is 0 Å². The van der Waals surface area contributed by atoms with E-state index in [0.717, 1.165) is 50.9 Å². The number of hydrogen-bond donors (Lipinski definition) is 1. The molecule has 5 nitrogen and oxygen atoms in total. The van der Waals surface area contributed by atoms with E-state index >= 15 is 0 Å². The summed E-state index contributed by atoms with van der Waals surface area (Å²) in [5.74, 6) is 2.60. The van der Waals surface area contributed by atoms with E-state index in [9.17, 15) is 0 Å². The Bertz CT molecular complexity index is 647. The summed E-state index contributed by atoms with van der Waals surface area (Å²) in [5.41, 5.74) is 1.32. The molecule has 0 spiro atoms. The molecular formula is C22H35IN4O. The molecule has 2 fully saturated rings. The van der Waals surface area contributed by atoms with Gasteiger partial charge in [-0.1, -0.05) is 24.6 Å². The highest BCUT2D eigenvalue weighted by Crippen LogP contribution is 2.33. The molecule has 28 heavy (non-hydrogen) atoms. The van der Waals surface area contributed by atoms with Crippen molar-refractivity contribution in [2.75, 3.05) is 45.9 Å². The number of nitrogens with zero attached hydrogens (tertiary/aromatic N) is 3. The first-order valence-electron chi connectivity index (χ1n) is 10.8. The molecule has 3 heterocycles. The highest BCUT2D eigenvalue weighted by Gasteiger charge is 2.30. The molecule has 156 valence electrons. The van der Waals surface area contributed by atoms with Crippen LogP contribution in [0.5, 0.6) is 5.75 Å². The Kier molecular flexibility index (Phi) is 8.26. The van der Waals surface area contributed by atoms with Crippen LogP contribution in [0.1, 0.15) is 50.5 Å². The zero-order valence-electron chi connectivity index (χ0n) is 17.1. The van der Waals surface area contributed by atoms with Gasteiger partial charge in [-0.25, -0.2) is 0 Å². The molecule has 2 saturated heterocycles. The Morgan fingerprint density at radius 3 is 2.79 bits per heavy atom. The van der Waals surface area contributed by atoms with Crippen molar-refractivity contribution in [2.24, 2.45) is 4.99 Å². The van der Waals surface area contributed by atoms with Gasteiger partial charge >= 0.3 is 0 Å². The molecule has 0 amide bonds. The average Bonchev–Trinajstić information content (AvgIpc) is 3.22. The minimum atomic E-state index is 0. The van der Waals surface area contributed by atoms with E-state index in [4.69, 9.17) is 9.73 Å². The molecule has 2 atom stereocenters. The van der Waals surface area contributed by atoms with Crippen molar-refractivity contribution in [3.63, 3.8) is 0 Å². The summed E-state index contributed by atoms with van der Waals surface area (Å²) in [5, 5.41) is 3.54. The zero-order valence-corrected chi connectivity index (χ0v) is 19.4. The molecule has 3 aliphatic rings. The second kappa shape index (κ2) is 10.7. The number of aliphatic imine (C=N–C) groups is 1. The number of para-hydroxylation sites is 1. The maximum atomic E-state index is 5.81. The predicted octanol–water partition coefficient (Wildman–Crippen LogP) is 3.70. The van der Waals surface area contributed by atoms with Gasteiger partial charge in [0.2, 0.25) is 0 Å². The Morgan fingerprint density at radius 2 is 1.96 bits per heavy atom. The van der Waals surface area contributed by atoms with Crippen LogP contribution < -0.4 is 10.1 Å². The Morgan fingerprint density at radius 1 is 1.14 bits per heavy atom. The van der Waals surface area contributed by atoms with E-state index in [0.29, 0.717) is 12.0 Å². The second-order valence-corrected chi connectivity index (χ2v) is 8.05. The molecule has 1 aromatic carbocycles. The lowest BCUT2D eigenvalue weighted by Crippen LogP contribution is -2.44. The maximum absolute atomic E-state index is 5.81. The lowest BCUT2D eigenvalue weighted by molar-refractivity contribution is 0.168. The number of benzene rings is 1. The number of guanidine groups is 1. The molecule has 0 aromatic heterocycles. The van der Waals surface area contributed by atoms with Crippen LogP contribution in [0.2, 0.25) is 0 Å². The van der Waals surface area contributed by atoms with Crippen LogP contribution in [0.3, 0.4) is 0 Å². The molecule has 0 aliphatic carbocycles. The molecule has 0 radical (unpaired) electrons. The van der Waals surface area contributed by atoms with Crippen LogP contribution in [0.15, 0.2) is 29.3 Å². The van der Waals surface area contributed by atoms with Gasteiger partial charge in [0.25, 0.3) is 0 Å². The number of rotatable bonds is 4. The van der Waals surface area contributed by atoms with Crippen LogP contribution in [0, 0.1) is 0 Å². The van der Waals surface area contributed by atoms with Gasteiger partial charge in [0.15, 0.2) is 5.96 Å². The number of nitrogens with one attached hydrogen (secondary N) is 1. The third-order valence-electron chi connectivity index (χ3n) is 6.25. The quantitative estimate of drug-likeness (QED) is 0.391. The third kappa shape index (κ3) is 5.12. The molecule has 1 aromatic rings. The highest BCUT2D eigenvalue weighted by molar-refractivity contribution is 14.0. The summed E-state index contributed by atoms with van der Waals surface area (Å²) in [7, 11) is 0. The van der Waals surface area contributed by atoms with Crippen molar-refractivity contribution in [1.82, 2.24) is 15.1 Å². The number of ether oxygens (including phenoxy) is 1. The van der Waals surface area contributed by atoms with E-state index < -0.39 is 0 Å². The maximum Gasteiger partial charge on any atom is 0.193 e. The first-order chi connectivity index (χ1) is 13.3. The van der Waals surface area contributed by atoms with Gasteiger partial charge in [-0.05, 0) is 57.3 Å². The van der Waals surface area contributed by atoms with Crippen LogP contribution in [-0.2, 0) is 0 Å². The molecule has 0 saturated carbocycles. The highest BCUT2D eigenvalue weighted by atomic mass is 127. The van der Waals surface area contributed by atoms with E-state index in [1.54, 1.807) is 0 Å².